The van der Waals surface area contributed by atoms with Gasteiger partial charge in [0.2, 0.25) is 10.0 Å². The fourth-order valence-corrected chi connectivity index (χ4v) is 3.65. The second-order valence-electron chi connectivity index (χ2n) is 5.69. The van der Waals surface area contributed by atoms with E-state index in [-0.39, 0.29) is 32.8 Å². The summed E-state index contributed by atoms with van der Waals surface area (Å²) in [5.74, 6) is 0.115. The molecule has 0 fully saturated rings. The summed E-state index contributed by atoms with van der Waals surface area (Å²) in [7, 11) is -3.77. The van der Waals surface area contributed by atoms with Crippen LogP contribution in [0, 0.1) is 21.4 Å². The Morgan fingerprint density at radius 2 is 2.05 bits per heavy atom. The molecule has 7 nitrogen and oxygen atoms in total. The molecule has 0 aromatic carbocycles. The molecule has 1 aromatic heterocycles. The van der Waals surface area contributed by atoms with Gasteiger partial charge < -0.3 is 5.73 Å². The number of thiophene rings is 1. The Morgan fingerprint density at radius 1 is 1.50 bits per heavy atom. The van der Waals surface area contributed by atoms with Crippen LogP contribution in [0.3, 0.4) is 0 Å². The van der Waals surface area contributed by atoms with Gasteiger partial charge in [-0.3, -0.25) is 10.1 Å². The predicted octanol–water partition coefficient (Wildman–Crippen LogP) is 2.20. The summed E-state index contributed by atoms with van der Waals surface area (Å²) in [6, 6.07) is 0.990. The van der Waals surface area contributed by atoms with Crippen LogP contribution in [0.4, 0.5) is 10.7 Å². The van der Waals surface area contributed by atoms with Gasteiger partial charge in [-0.1, -0.05) is 39.0 Å². The molecule has 3 N–H and O–H groups in total. The van der Waals surface area contributed by atoms with E-state index in [4.69, 9.17) is 5.73 Å². The number of nitrogens with two attached hydrogens (primary N) is 1. The van der Waals surface area contributed by atoms with E-state index in [0.29, 0.717) is 11.3 Å². The highest BCUT2D eigenvalue weighted by atomic mass is 32.2. The highest BCUT2D eigenvalue weighted by Gasteiger charge is 2.27. The average molecular weight is 321 g/mol. The van der Waals surface area contributed by atoms with Crippen LogP contribution in [0.2, 0.25) is 0 Å². The first-order chi connectivity index (χ1) is 8.95. The highest BCUT2D eigenvalue weighted by Crippen LogP contribution is 2.34. The van der Waals surface area contributed by atoms with Crippen LogP contribution in [-0.2, 0) is 10.0 Å². The zero-order valence-electron chi connectivity index (χ0n) is 11.8. The largest absolute Gasteiger partial charge is 0.385 e. The summed E-state index contributed by atoms with van der Waals surface area (Å²) >= 11 is 0.694. The van der Waals surface area contributed by atoms with Crippen LogP contribution in [0.15, 0.2) is 10.3 Å². The molecule has 1 unspecified atom stereocenters. The molecule has 114 valence electrons. The molecule has 0 saturated heterocycles. The molecule has 1 heterocycles. The highest BCUT2D eigenvalue weighted by molar-refractivity contribution is 7.91. The molecule has 0 aliphatic rings. The third-order valence-electron chi connectivity index (χ3n) is 3.24. The Bertz CT molecular complexity index is 602. The number of nitrogens with one attached hydrogen (secondary N) is 1. The first-order valence-corrected chi connectivity index (χ1v) is 8.28. The number of nitro groups is 1. The third-order valence-corrected chi connectivity index (χ3v) is 6.09. The molecule has 0 radical (unpaired) electrons. The zero-order chi connectivity index (χ0) is 15.7. The molecule has 0 amide bonds. The number of nitrogen functional groups attached to an aromatic ring is 1. The molecule has 0 aliphatic carbocycles. The molecule has 0 aliphatic heterocycles. The van der Waals surface area contributed by atoms with Gasteiger partial charge in [0.05, 0.1) is 4.92 Å². The van der Waals surface area contributed by atoms with Gasteiger partial charge in [0.1, 0.15) is 4.21 Å². The molecule has 9 heteroatoms. The monoisotopic (exact) mass is 321 g/mol. The van der Waals surface area contributed by atoms with Gasteiger partial charge in [0.25, 0.3) is 0 Å². The van der Waals surface area contributed by atoms with Gasteiger partial charge in [-0.2, -0.15) is 0 Å². The summed E-state index contributed by atoms with van der Waals surface area (Å²) in [6.45, 7) is 8.24. The molecular weight excluding hydrogens is 302 g/mol. The lowest BCUT2D eigenvalue weighted by Gasteiger charge is -2.27. The molecule has 1 atom stereocenters. The van der Waals surface area contributed by atoms with Gasteiger partial charge in [0, 0.05) is 12.6 Å². The van der Waals surface area contributed by atoms with Crippen molar-refractivity contribution in [1.29, 1.82) is 0 Å². The number of hydrogen-bond acceptors (Lipinski definition) is 6. The standard InChI is InChI=1S/C11H19N3O4S2/c1-7(11(2,3)4)6-13-20(17,18)9-5-8(14(15)16)10(12)19-9/h5,7,13H,6,12H2,1-4H3. The summed E-state index contributed by atoms with van der Waals surface area (Å²) in [5, 5.41) is 10.6. The number of rotatable bonds is 5. The van der Waals surface area contributed by atoms with E-state index in [0.717, 1.165) is 6.07 Å². The first-order valence-electron chi connectivity index (χ1n) is 5.98. The smallest absolute Gasteiger partial charge is 0.304 e. The van der Waals surface area contributed by atoms with Gasteiger partial charge in [-0.15, -0.1) is 0 Å². The fraction of sp³-hybridized carbons (Fsp3) is 0.636. The maximum absolute atomic E-state index is 12.1. The van der Waals surface area contributed by atoms with Crippen LogP contribution < -0.4 is 10.5 Å². The predicted molar refractivity (Wildman–Crippen MR) is 79.2 cm³/mol. The SMILES string of the molecule is CC(CNS(=O)(=O)c1cc([N+](=O)[O-])c(N)s1)C(C)(C)C. The van der Waals surface area contributed by atoms with Crippen molar-refractivity contribution in [3.05, 3.63) is 16.2 Å². The van der Waals surface area contributed by atoms with Gasteiger partial charge in [-0.05, 0) is 11.3 Å². The van der Waals surface area contributed by atoms with Gasteiger partial charge in [-0.25, -0.2) is 13.1 Å². The van der Waals surface area contributed by atoms with Crippen molar-refractivity contribution in [2.45, 2.75) is 31.9 Å². The normalized spacial score (nSPS) is 14.2. The van der Waals surface area contributed by atoms with Crippen LogP contribution in [0.5, 0.6) is 0 Å². The van der Waals surface area contributed by atoms with Crippen LogP contribution in [0.25, 0.3) is 0 Å². The van der Waals surface area contributed by atoms with Crippen LogP contribution in [-0.4, -0.2) is 19.9 Å². The lowest BCUT2D eigenvalue weighted by molar-refractivity contribution is -0.383. The Morgan fingerprint density at radius 3 is 2.45 bits per heavy atom. The molecule has 1 rings (SSSR count). The second-order valence-corrected chi connectivity index (χ2v) is 8.77. The van der Waals surface area contributed by atoms with Gasteiger partial charge in [0.15, 0.2) is 5.00 Å². The maximum Gasteiger partial charge on any atom is 0.304 e. The van der Waals surface area contributed by atoms with Crippen LogP contribution in [0.1, 0.15) is 27.7 Å². The van der Waals surface area contributed by atoms with E-state index in [2.05, 4.69) is 4.72 Å². The molecule has 0 bridgehead atoms. The van der Waals surface area contributed by atoms with Gasteiger partial charge >= 0.3 is 5.69 Å². The first kappa shape index (κ1) is 16.9. The molecule has 0 spiro atoms. The Kier molecular flexibility index (Phi) is 4.78. The minimum absolute atomic E-state index is 0.0387. The van der Waals surface area contributed by atoms with E-state index in [1.165, 1.54) is 0 Å². The summed E-state index contributed by atoms with van der Waals surface area (Å²) < 4.78 is 26.5. The third kappa shape index (κ3) is 3.90. The van der Waals surface area contributed by atoms with E-state index >= 15 is 0 Å². The topological polar surface area (TPSA) is 115 Å². The minimum Gasteiger partial charge on any atom is -0.385 e. The number of sulfonamides is 1. The lowest BCUT2D eigenvalue weighted by Crippen LogP contribution is -2.33. The van der Waals surface area contributed by atoms with Crippen molar-refractivity contribution in [3.63, 3.8) is 0 Å². The quantitative estimate of drug-likeness (QED) is 0.637. The molecule has 0 saturated carbocycles. The van der Waals surface area contributed by atoms with Crippen LogP contribution >= 0.6 is 11.3 Å². The number of nitrogens with zero attached hydrogens (tertiary/aromatic N) is 1. The molecule has 20 heavy (non-hydrogen) atoms. The van der Waals surface area contributed by atoms with Crippen molar-refractivity contribution in [1.82, 2.24) is 4.72 Å². The van der Waals surface area contributed by atoms with E-state index in [1.54, 1.807) is 0 Å². The number of anilines is 1. The Hall–Kier alpha value is -1.19. The minimum atomic E-state index is -3.77. The summed E-state index contributed by atoms with van der Waals surface area (Å²) in [4.78, 5) is 9.98. The molecular formula is C11H19N3O4S2. The van der Waals surface area contributed by atoms with E-state index < -0.39 is 14.9 Å². The zero-order valence-corrected chi connectivity index (χ0v) is 13.5. The van der Waals surface area contributed by atoms with Crippen molar-refractivity contribution in [2.24, 2.45) is 11.3 Å². The summed E-state index contributed by atoms with van der Waals surface area (Å²) in [6.07, 6.45) is 0. The second kappa shape index (κ2) is 5.66. The summed E-state index contributed by atoms with van der Waals surface area (Å²) in [5.41, 5.74) is 5.03. The van der Waals surface area contributed by atoms with E-state index in [9.17, 15) is 18.5 Å². The Balaban J connectivity index is 2.90. The lowest BCUT2D eigenvalue weighted by atomic mass is 9.82. The van der Waals surface area contributed by atoms with Crippen molar-refractivity contribution in [2.75, 3.05) is 12.3 Å². The van der Waals surface area contributed by atoms with E-state index in [1.807, 2.05) is 27.7 Å². The number of hydrogen-bond donors (Lipinski definition) is 2. The average Bonchev–Trinajstić information content (AvgIpc) is 2.67. The Labute approximate surface area is 122 Å². The fourth-order valence-electron chi connectivity index (χ4n) is 1.26. The van der Waals surface area contributed by atoms with Crippen molar-refractivity contribution in [3.8, 4) is 0 Å². The van der Waals surface area contributed by atoms with Crippen molar-refractivity contribution >= 4 is 32.0 Å². The van der Waals surface area contributed by atoms with Crippen molar-refractivity contribution < 1.29 is 13.3 Å². The molecule has 1 aromatic rings. The maximum atomic E-state index is 12.1.